The average Bonchev–Trinajstić information content (AvgIpc) is 2.55. The molecule has 1 aromatic heterocycles. The molecule has 1 unspecified atom stereocenters. The maximum atomic E-state index is 10.0. The number of aromatic nitrogens is 2. The summed E-state index contributed by atoms with van der Waals surface area (Å²) in [5.41, 5.74) is 9.32. The molecule has 0 saturated carbocycles. The van der Waals surface area contributed by atoms with E-state index in [2.05, 4.69) is 15.0 Å². The lowest BCUT2D eigenvalue weighted by atomic mass is 9.92. The minimum absolute atomic E-state index is 0.152. The maximum absolute atomic E-state index is 10.0. The predicted molar refractivity (Wildman–Crippen MR) is 85.3 cm³/mol. The number of aliphatic imine (C=N–C) groups is 1. The third-order valence-electron chi connectivity index (χ3n) is 3.37. The summed E-state index contributed by atoms with van der Waals surface area (Å²) in [5, 5.41) is 10.0. The van der Waals surface area contributed by atoms with Gasteiger partial charge in [0, 0.05) is 24.5 Å². The van der Waals surface area contributed by atoms with Crippen LogP contribution in [0.25, 0.3) is 11.1 Å². The number of hydrogen-bond acceptors (Lipinski definition) is 5. The molecule has 0 amide bonds. The first-order valence-corrected chi connectivity index (χ1v) is 7.02. The predicted octanol–water partition coefficient (Wildman–Crippen LogP) is 1.70. The Morgan fingerprint density at radius 1 is 1.36 bits per heavy atom. The zero-order valence-corrected chi connectivity index (χ0v) is 12.7. The summed E-state index contributed by atoms with van der Waals surface area (Å²) in [7, 11) is 1.48. The number of methoxy groups -OCH3 is 1. The molecule has 0 fully saturated rings. The van der Waals surface area contributed by atoms with Crippen molar-refractivity contribution in [3.63, 3.8) is 0 Å². The van der Waals surface area contributed by atoms with E-state index in [1.807, 2.05) is 18.2 Å². The van der Waals surface area contributed by atoms with Gasteiger partial charge in [-0.15, -0.1) is 0 Å². The lowest BCUT2D eigenvalue weighted by Crippen LogP contribution is -2.15. The van der Waals surface area contributed by atoms with E-state index < -0.39 is 6.10 Å². The molecule has 0 aliphatic heterocycles. The van der Waals surface area contributed by atoms with Gasteiger partial charge in [0.05, 0.1) is 13.2 Å². The standard InChI is InChI=1S/C16H20N4O2/c1-11(21)13-4-3-5-14(12-8-18-10-19-9-12)15(13)6-7-20-16(17)22-2/h3-5,8-11,21H,6-7H2,1-2H3,(H2,17,20). The zero-order chi connectivity index (χ0) is 15.9. The van der Waals surface area contributed by atoms with Crippen molar-refractivity contribution in [2.45, 2.75) is 19.4 Å². The highest BCUT2D eigenvalue weighted by Gasteiger charge is 2.13. The largest absolute Gasteiger partial charge is 0.469 e. The summed E-state index contributed by atoms with van der Waals surface area (Å²) in [6.45, 7) is 2.22. The number of hydrogen-bond donors (Lipinski definition) is 2. The van der Waals surface area contributed by atoms with Crippen molar-refractivity contribution in [1.82, 2.24) is 9.97 Å². The van der Waals surface area contributed by atoms with E-state index >= 15 is 0 Å². The zero-order valence-electron chi connectivity index (χ0n) is 12.7. The smallest absolute Gasteiger partial charge is 0.281 e. The van der Waals surface area contributed by atoms with Crippen LogP contribution in [-0.4, -0.2) is 34.8 Å². The van der Waals surface area contributed by atoms with Crippen molar-refractivity contribution < 1.29 is 9.84 Å². The van der Waals surface area contributed by atoms with Gasteiger partial charge in [0.15, 0.2) is 0 Å². The van der Waals surface area contributed by atoms with E-state index in [1.54, 1.807) is 19.3 Å². The second kappa shape index (κ2) is 7.51. The molecule has 0 aliphatic rings. The van der Waals surface area contributed by atoms with Crippen LogP contribution >= 0.6 is 0 Å². The highest BCUT2D eigenvalue weighted by atomic mass is 16.5. The molecule has 0 radical (unpaired) electrons. The maximum Gasteiger partial charge on any atom is 0.281 e. The monoisotopic (exact) mass is 300 g/mol. The number of nitrogens with zero attached hydrogens (tertiary/aromatic N) is 3. The highest BCUT2D eigenvalue weighted by molar-refractivity contribution is 5.71. The van der Waals surface area contributed by atoms with Gasteiger partial charge in [0.1, 0.15) is 6.33 Å². The Morgan fingerprint density at radius 2 is 2.09 bits per heavy atom. The number of aliphatic hydroxyl groups excluding tert-OH is 1. The highest BCUT2D eigenvalue weighted by Crippen LogP contribution is 2.29. The van der Waals surface area contributed by atoms with Crippen LogP contribution in [0, 0.1) is 0 Å². The first-order valence-electron chi connectivity index (χ1n) is 7.02. The quantitative estimate of drug-likeness (QED) is 0.647. The Bertz CT molecular complexity index is 642. The van der Waals surface area contributed by atoms with Crippen LogP contribution in [0.2, 0.25) is 0 Å². The molecule has 0 saturated heterocycles. The molecule has 2 rings (SSSR count). The molecule has 6 heteroatoms. The number of ether oxygens (including phenoxy) is 1. The van der Waals surface area contributed by atoms with Crippen LogP contribution < -0.4 is 5.73 Å². The molecule has 1 atom stereocenters. The minimum atomic E-state index is -0.566. The Hall–Kier alpha value is -2.47. The minimum Gasteiger partial charge on any atom is -0.469 e. The number of rotatable bonds is 5. The molecular formula is C16H20N4O2. The first kappa shape index (κ1) is 15.9. The lowest BCUT2D eigenvalue weighted by Gasteiger charge is -2.16. The third kappa shape index (κ3) is 3.79. The van der Waals surface area contributed by atoms with Crippen LogP contribution in [0.15, 0.2) is 41.9 Å². The van der Waals surface area contributed by atoms with Crippen molar-refractivity contribution in [2.24, 2.45) is 10.7 Å². The van der Waals surface area contributed by atoms with E-state index in [0.29, 0.717) is 13.0 Å². The van der Waals surface area contributed by atoms with Crippen molar-refractivity contribution in [1.29, 1.82) is 0 Å². The molecule has 3 N–H and O–H groups in total. The van der Waals surface area contributed by atoms with Gasteiger partial charge < -0.3 is 15.6 Å². The molecule has 0 aliphatic carbocycles. The van der Waals surface area contributed by atoms with E-state index in [0.717, 1.165) is 22.3 Å². The molecule has 6 nitrogen and oxygen atoms in total. The Kier molecular flexibility index (Phi) is 5.43. The summed E-state index contributed by atoms with van der Waals surface area (Å²) in [6, 6.07) is 5.97. The molecular weight excluding hydrogens is 280 g/mol. The van der Waals surface area contributed by atoms with Gasteiger partial charge in [0.2, 0.25) is 0 Å². The second-order valence-corrected chi connectivity index (χ2v) is 4.85. The molecule has 22 heavy (non-hydrogen) atoms. The van der Waals surface area contributed by atoms with Crippen molar-refractivity contribution in [3.8, 4) is 11.1 Å². The van der Waals surface area contributed by atoms with Gasteiger partial charge in [-0.3, -0.25) is 0 Å². The van der Waals surface area contributed by atoms with Crippen LogP contribution in [-0.2, 0) is 11.2 Å². The molecule has 1 aromatic carbocycles. The third-order valence-corrected chi connectivity index (χ3v) is 3.37. The van der Waals surface area contributed by atoms with Crippen LogP contribution in [0.3, 0.4) is 0 Å². The Balaban J connectivity index is 2.39. The van der Waals surface area contributed by atoms with Crippen molar-refractivity contribution in [2.75, 3.05) is 13.7 Å². The molecule has 116 valence electrons. The molecule has 1 heterocycles. The van der Waals surface area contributed by atoms with Crippen LogP contribution in [0.4, 0.5) is 0 Å². The van der Waals surface area contributed by atoms with E-state index in [-0.39, 0.29) is 6.02 Å². The van der Waals surface area contributed by atoms with Gasteiger partial charge in [0.25, 0.3) is 6.02 Å². The number of benzene rings is 1. The fourth-order valence-corrected chi connectivity index (χ4v) is 2.33. The van der Waals surface area contributed by atoms with Gasteiger partial charge in [-0.1, -0.05) is 18.2 Å². The normalized spacial score (nSPS) is 13.0. The SMILES string of the molecule is COC(N)=NCCc1c(-c2cncnc2)cccc1C(C)O. The Labute approximate surface area is 129 Å². The topological polar surface area (TPSA) is 93.6 Å². The summed E-state index contributed by atoms with van der Waals surface area (Å²) in [4.78, 5) is 12.2. The van der Waals surface area contributed by atoms with Gasteiger partial charge >= 0.3 is 0 Å². The number of amidine groups is 1. The van der Waals surface area contributed by atoms with E-state index in [9.17, 15) is 5.11 Å². The second-order valence-electron chi connectivity index (χ2n) is 4.85. The van der Waals surface area contributed by atoms with Crippen molar-refractivity contribution in [3.05, 3.63) is 48.0 Å². The fourth-order valence-electron chi connectivity index (χ4n) is 2.33. The van der Waals surface area contributed by atoms with Gasteiger partial charge in [-0.2, -0.15) is 0 Å². The van der Waals surface area contributed by atoms with Gasteiger partial charge in [-0.05, 0) is 30.0 Å². The van der Waals surface area contributed by atoms with Gasteiger partial charge in [-0.25, -0.2) is 15.0 Å². The lowest BCUT2D eigenvalue weighted by molar-refractivity contribution is 0.198. The molecule has 2 aromatic rings. The number of aliphatic hydroxyl groups is 1. The molecule has 0 spiro atoms. The van der Waals surface area contributed by atoms with E-state index in [1.165, 1.54) is 13.4 Å². The van der Waals surface area contributed by atoms with E-state index in [4.69, 9.17) is 10.5 Å². The van der Waals surface area contributed by atoms with Crippen LogP contribution in [0.5, 0.6) is 0 Å². The first-order chi connectivity index (χ1) is 10.6. The summed E-state index contributed by atoms with van der Waals surface area (Å²) in [6.07, 6.45) is 5.07. The summed E-state index contributed by atoms with van der Waals surface area (Å²) < 4.78 is 4.84. The Morgan fingerprint density at radius 3 is 2.73 bits per heavy atom. The van der Waals surface area contributed by atoms with Crippen LogP contribution in [0.1, 0.15) is 24.2 Å². The number of nitrogens with two attached hydrogens (primary N) is 1. The average molecular weight is 300 g/mol. The fraction of sp³-hybridized carbons (Fsp3) is 0.312. The summed E-state index contributed by atoms with van der Waals surface area (Å²) in [5.74, 6) is 0. The summed E-state index contributed by atoms with van der Waals surface area (Å²) >= 11 is 0. The van der Waals surface area contributed by atoms with Crippen molar-refractivity contribution >= 4 is 6.02 Å². The molecule has 0 bridgehead atoms.